The Morgan fingerprint density at radius 2 is 1.17 bits per heavy atom. The molecule has 0 aliphatic carbocycles. The standard InChI is InChI=1S/C46H72O8/c1-5-8-9-14-17-20-44-51-39(6-2)32-42(53-44)34-43-33-41(31-35(4)47)52-45(54-43)21-18-15-12-10-11-13-16-19-30-50-40-28-26-37(27-29-40)36-22-24-38(25-23-36)46(48)49-7-3/h22-29,35,39,41-45,47H,5-21,30-34H2,1-4H3. The van der Waals surface area contributed by atoms with Gasteiger partial charge in [-0.15, -0.1) is 0 Å². The molecule has 7 unspecified atom stereocenters. The van der Waals surface area contributed by atoms with E-state index in [1.54, 1.807) is 12.1 Å². The number of esters is 1. The van der Waals surface area contributed by atoms with E-state index in [1.165, 1.54) is 64.2 Å². The van der Waals surface area contributed by atoms with Crippen LogP contribution in [-0.4, -0.2) is 67.4 Å². The maximum atomic E-state index is 11.9. The van der Waals surface area contributed by atoms with Gasteiger partial charge in [0.1, 0.15) is 5.75 Å². The fourth-order valence-corrected chi connectivity index (χ4v) is 7.73. The van der Waals surface area contributed by atoms with E-state index in [9.17, 15) is 9.90 Å². The SMILES string of the molecule is CCCCCCCC1OC(CC)CC(CC2CC(CC(C)O)OC(CCCCCCCCCCOc3ccc(-c4ccc(C(=O)OCC)cc4)cc3)O2)O1. The fraction of sp³-hybridized carbons (Fsp3) is 0.717. The van der Waals surface area contributed by atoms with Crippen LogP contribution >= 0.6 is 0 Å². The van der Waals surface area contributed by atoms with Gasteiger partial charge < -0.3 is 33.5 Å². The maximum Gasteiger partial charge on any atom is 0.338 e. The number of benzene rings is 2. The van der Waals surface area contributed by atoms with Crippen molar-refractivity contribution in [1.29, 1.82) is 0 Å². The van der Waals surface area contributed by atoms with E-state index in [-0.39, 0.29) is 49.1 Å². The minimum atomic E-state index is -0.385. The van der Waals surface area contributed by atoms with E-state index in [4.69, 9.17) is 28.4 Å². The lowest BCUT2D eigenvalue weighted by Crippen LogP contribution is -2.44. The van der Waals surface area contributed by atoms with Gasteiger partial charge in [-0.1, -0.05) is 102 Å². The van der Waals surface area contributed by atoms with Gasteiger partial charge in [0.15, 0.2) is 12.6 Å². The number of aliphatic hydroxyl groups is 1. The third-order valence-corrected chi connectivity index (χ3v) is 10.7. The van der Waals surface area contributed by atoms with Crippen LogP contribution in [0.3, 0.4) is 0 Å². The average molecular weight is 753 g/mol. The molecule has 0 aromatic heterocycles. The molecule has 1 N–H and O–H groups in total. The van der Waals surface area contributed by atoms with Crippen molar-refractivity contribution in [2.45, 2.75) is 199 Å². The molecule has 8 nitrogen and oxygen atoms in total. The molecule has 0 saturated carbocycles. The van der Waals surface area contributed by atoms with Crippen molar-refractivity contribution in [2.75, 3.05) is 13.2 Å². The van der Waals surface area contributed by atoms with Gasteiger partial charge in [-0.3, -0.25) is 0 Å². The molecular formula is C46H72O8. The zero-order chi connectivity index (χ0) is 38.4. The molecule has 4 rings (SSSR count). The Morgan fingerprint density at radius 3 is 1.72 bits per heavy atom. The Bertz CT molecular complexity index is 1260. The summed E-state index contributed by atoms with van der Waals surface area (Å²) in [5.74, 6) is 0.593. The molecule has 8 heteroatoms. The highest BCUT2D eigenvalue weighted by atomic mass is 16.7. The van der Waals surface area contributed by atoms with E-state index in [0.29, 0.717) is 18.6 Å². The van der Waals surface area contributed by atoms with Crippen LogP contribution in [0.1, 0.15) is 166 Å². The smallest absolute Gasteiger partial charge is 0.338 e. The van der Waals surface area contributed by atoms with Gasteiger partial charge in [-0.05, 0) is 94.2 Å². The number of carbonyl (C=O) groups excluding carboxylic acids is 1. The van der Waals surface area contributed by atoms with Gasteiger partial charge in [0, 0.05) is 19.3 Å². The molecule has 2 fully saturated rings. The molecular weight excluding hydrogens is 680 g/mol. The van der Waals surface area contributed by atoms with Gasteiger partial charge >= 0.3 is 5.97 Å². The molecule has 2 aromatic carbocycles. The Kier molecular flexibility index (Phi) is 21.0. The number of hydrogen-bond donors (Lipinski definition) is 1. The number of ether oxygens (including phenoxy) is 6. The molecule has 0 amide bonds. The number of unbranched alkanes of at least 4 members (excludes halogenated alkanes) is 11. The molecule has 0 spiro atoms. The van der Waals surface area contributed by atoms with Gasteiger partial charge in [0.2, 0.25) is 0 Å². The summed E-state index contributed by atoms with van der Waals surface area (Å²) in [4.78, 5) is 11.9. The second kappa shape index (κ2) is 25.6. The Labute approximate surface area is 327 Å². The van der Waals surface area contributed by atoms with Crippen LogP contribution in [-0.2, 0) is 23.7 Å². The molecule has 7 atom stereocenters. The quantitative estimate of drug-likeness (QED) is 0.0750. The average Bonchev–Trinajstić information content (AvgIpc) is 3.17. The van der Waals surface area contributed by atoms with Crippen LogP contribution in [0.15, 0.2) is 48.5 Å². The molecule has 2 aromatic rings. The lowest BCUT2D eigenvalue weighted by atomic mass is 9.96. The number of hydrogen-bond acceptors (Lipinski definition) is 8. The largest absolute Gasteiger partial charge is 0.494 e. The Morgan fingerprint density at radius 1 is 0.667 bits per heavy atom. The minimum absolute atomic E-state index is 0.0246. The monoisotopic (exact) mass is 753 g/mol. The van der Waals surface area contributed by atoms with Crippen molar-refractivity contribution in [3.63, 3.8) is 0 Å². The van der Waals surface area contributed by atoms with E-state index < -0.39 is 0 Å². The minimum Gasteiger partial charge on any atom is -0.494 e. The first-order valence-electron chi connectivity index (χ1n) is 21.7. The molecule has 0 bridgehead atoms. The van der Waals surface area contributed by atoms with Crippen molar-refractivity contribution < 1.29 is 38.3 Å². The summed E-state index contributed by atoms with van der Waals surface area (Å²) in [5, 5.41) is 10.1. The van der Waals surface area contributed by atoms with Gasteiger partial charge in [0.05, 0.1) is 49.3 Å². The van der Waals surface area contributed by atoms with E-state index in [2.05, 4.69) is 26.0 Å². The number of aliphatic hydroxyl groups excluding tert-OH is 1. The first-order chi connectivity index (χ1) is 26.4. The van der Waals surface area contributed by atoms with Crippen LogP contribution < -0.4 is 4.74 Å². The fourth-order valence-electron chi connectivity index (χ4n) is 7.73. The third kappa shape index (κ3) is 16.7. The van der Waals surface area contributed by atoms with Gasteiger partial charge in [-0.2, -0.15) is 0 Å². The van der Waals surface area contributed by atoms with E-state index in [1.807, 2.05) is 38.1 Å². The highest BCUT2D eigenvalue weighted by molar-refractivity contribution is 5.90. The second-order valence-corrected chi connectivity index (χ2v) is 15.6. The van der Waals surface area contributed by atoms with Crippen molar-refractivity contribution in [3.05, 3.63) is 54.1 Å². The normalized spacial score (nSPS) is 23.6. The van der Waals surface area contributed by atoms with E-state index in [0.717, 1.165) is 81.3 Å². The zero-order valence-corrected chi connectivity index (χ0v) is 34.0. The molecule has 54 heavy (non-hydrogen) atoms. The lowest BCUT2D eigenvalue weighted by molar-refractivity contribution is -0.275. The Balaban J connectivity index is 1.06. The first kappa shape index (κ1) is 44.2. The molecule has 2 aliphatic heterocycles. The van der Waals surface area contributed by atoms with Crippen LogP contribution in [0, 0.1) is 0 Å². The highest BCUT2D eigenvalue weighted by Gasteiger charge is 2.35. The lowest BCUT2D eigenvalue weighted by Gasteiger charge is -2.40. The van der Waals surface area contributed by atoms with Crippen LogP contribution in [0.5, 0.6) is 5.75 Å². The summed E-state index contributed by atoms with van der Waals surface area (Å²) in [6, 6.07) is 15.6. The predicted molar refractivity (Wildman–Crippen MR) is 216 cm³/mol. The topological polar surface area (TPSA) is 92.7 Å². The van der Waals surface area contributed by atoms with Crippen LogP contribution in [0.2, 0.25) is 0 Å². The number of carbonyl (C=O) groups is 1. The molecule has 2 saturated heterocycles. The zero-order valence-electron chi connectivity index (χ0n) is 34.0. The van der Waals surface area contributed by atoms with Crippen molar-refractivity contribution >= 4 is 5.97 Å². The summed E-state index contributed by atoms with van der Waals surface area (Å²) in [5.41, 5.74) is 2.71. The van der Waals surface area contributed by atoms with E-state index >= 15 is 0 Å². The molecule has 2 heterocycles. The predicted octanol–water partition coefficient (Wildman–Crippen LogP) is 11.4. The second-order valence-electron chi connectivity index (χ2n) is 15.6. The summed E-state index contributed by atoms with van der Waals surface area (Å²) < 4.78 is 36.7. The summed E-state index contributed by atoms with van der Waals surface area (Å²) >= 11 is 0. The van der Waals surface area contributed by atoms with Crippen molar-refractivity contribution in [3.8, 4) is 16.9 Å². The van der Waals surface area contributed by atoms with Gasteiger partial charge in [0.25, 0.3) is 0 Å². The summed E-state index contributed by atoms with van der Waals surface area (Å²) in [7, 11) is 0. The number of rotatable bonds is 26. The highest BCUT2D eigenvalue weighted by Crippen LogP contribution is 2.32. The van der Waals surface area contributed by atoms with Crippen molar-refractivity contribution in [1.82, 2.24) is 0 Å². The van der Waals surface area contributed by atoms with Gasteiger partial charge in [-0.25, -0.2) is 4.79 Å². The molecule has 0 radical (unpaired) electrons. The van der Waals surface area contributed by atoms with Crippen LogP contribution in [0.4, 0.5) is 0 Å². The molecule has 2 aliphatic rings. The third-order valence-electron chi connectivity index (χ3n) is 10.7. The maximum absolute atomic E-state index is 11.9. The molecule has 304 valence electrons. The first-order valence-corrected chi connectivity index (χ1v) is 21.7. The van der Waals surface area contributed by atoms with Crippen LogP contribution in [0.25, 0.3) is 11.1 Å². The summed E-state index contributed by atoms with van der Waals surface area (Å²) in [6.45, 7) is 9.23. The Hall–Kier alpha value is -2.49. The van der Waals surface area contributed by atoms with Crippen molar-refractivity contribution in [2.24, 2.45) is 0 Å². The summed E-state index contributed by atoms with van der Waals surface area (Å²) in [6.07, 6.45) is 21.7.